The maximum atomic E-state index is 12.3. The van der Waals surface area contributed by atoms with Crippen LogP contribution in [0.1, 0.15) is 17.8 Å². The Bertz CT molecular complexity index is 634. The number of hydrogen-bond acceptors (Lipinski definition) is 6. The van der Waals surface area contributed by atoms with Crippen molar-refractivity contribution in [3.8, 4) is 0 Å². The van der Waals surface area contributed by atoms with E-state index in [0.717, 1.165) is 36.6 Å². The molecule has 0 radical (unpaired) electrons. The van der Waals surface area contributed by atoms with Crippen molar-refractivity contribution in [2.75, 3.05) is 24.5 Å². The van der Waals surface area contributed by atoms with Gasteiger partial charge < -0.3 is 10.2 Å². The van der Waals surface area contributed by atoms with Crippen molar-refractivity contribution in [1.29, 1.82) is 0 Å². The van der Waals surface area contributed by atoms with Crippen LogP contribution in [0.25, 0.3) is 0 Å². The number of anilines is 1. The lowest BCUT2D eigenvalue weighted by Crippen LogP contribution is -2.43. The normalized spacial score (nSPS) is 18.0. The number of rotatable bonds is 5. The molecular formula is C15H18ClN5OS. The van der Waals surface area contributed by atoms with E-state index in [9.17, 15) is 4.79 Å². The quantitative estimate of drug-likeness (QED) is 0.893. The maximum Gasteiger partial charge on any atom is 0.224 e. The van der Waals surface area contributed by atoms with E-state index in [2.05, 4.69) is 25.4 Å². The van der Waals surface area contributed by atoms with E-state index in [0.29, 0.717) is 18.2 Å². The summed E-state index contributed by atoms with van der Waals surface area (Å²) in [6.07, 6.45) is 4.44. The Morgan fingerprint density at radius 1 is 1.43 bits per heavy atom. The first kappa shape index (κ1) is 16.1. The molecule has 1 saturated heterocycles. The van der Waals surface area contributed by atoms with Gasteiger partial charge >= 0.3 is 0 Å². The van der Waals surface area contributed by atoms with Gasteiger partial charge in [0.2, 0.25) is 5.91 Å². The Labute approximate surface area is 143 Å². The minimum absolute atomic E-state index is 0.0162. The number of carbonyl (C=O) groups excluding carboxylic acids is 1. The van der Waals surface area contributed by atoms with Gasteiger partial charge in [-0.3, -0.25) is 4.79 Å². The van der Waals surface area contributed by atoms with Crippen LogP contribution in [0.5, 0.6) is 0 Å². The van der Waals surface area contributed by atoms with Gasteiger partial charge in [-0.2, -0.15) is 0 Å². The molecule has 1 fully saturated rings. The molecule has 3 rings (SSSR count). The summed E-state index contributed by atoms with van der Waals surface area (Å²) in [7, 11) is 0. The highest BCUT2D eigenvalue weighted by atomic mass is 35.5. The van der Waals surface area contributed by atoms with Crippen molar-refractivity contribution in [1.82, 2.24) is 20.5 Å². The number of hydrogen-bond donors (Lipinski definition) is 1. The Hall–Kier alpha value is -1.73. The predicted molar refractivity (Wildman–Crippen MR) is 90.8 cm³/mol. The zero-order valence-corrected chi connectivity index (χ0v) is 14.2. The van der Waals surface area contributed by atoms with E-state index in [4.69, 9.17) is 11.6 Å². The average molecular weight is 352 g/mol. The number of halogens is 1. The topological polar surface area (TPSA) is 71.0 Å². The highest BCUT2D eigenvalue weighted by molar-refractivity contribution is 7.09. The maximum absolute atomic E-state index is 12.3. The first-order valence-corrected chi connectivity index (χ1v) is 8.88. The molecule has 1 atom stereocenters. The molecule has 3 heterocycles. The monoisotopic (exact) mass is 351 g/mol. The second-order valence-electron chi connectivity index (χ2n) is 5.47. The van der Waals surface area contributed by atoms with Gasteiger partial charge in [0.15, 0.2) is 11.0 Å². The SMILES string of the molecule is O=C(NCCc1nccs1)[C@@H]1CCCN(c2ccc(Cl)nn2)C1. The average Bonchev–Trinajstić information content (AvgIpc) is 3.09. The van der Waals surface area contributed by atoms with Gasteiger partial charge in [0, 0.05) is 37.6 Å². The molecule has 122 valence electrons. The third kappa shape index (κ3) is 4.39. The molecule has 0 aliphatic carbocycles. The number of nitrogens with zero attached hydrogens (tertiary/aromatic N) is 4. The smallest absolute Gasteiger partial charge is 0.224 e. The third-order valence-corrected chi connectivity index (χ3v) is 4.90. The van der Waals surface area contributed by atoms with Crippen molar-refractivity contribution in [3.63, 3.8) is 0 Å². The molecule has 0 unspecified atom stereocenters. The van der Waals surface area contributed by atoms with Crippen molar-refractivity contribution < 1.29 is 4.79 Å². The molecule has 6 nitrogen and oxygen atoms in total. The van der Waals surface area contributed by atoms with Crippen LogP contribution < -0.4 is 10.2 Å². The molecule has 8 heteroatoms. The number of piperidine rings is 1. The summed E-state index contributed by atoms with van der Waals surface area (Å²) in [6.45, 7) is 2.18. The minimum Gasteiger partial charge on any atom is -0.355 e. The molecule has 2 aromatic rings. The van der Waals surface area contributed by atoms with Crippen LogP contribution in [0.4, 0.5) is 5.82 Å². The van der Waals surface area contributed by atoms with Crippen molar-refractivity contribution in [3.05, 3.63) is 33.9 Å². The summed E-state index contributed by atoms with van der Waals surface area (Å²) in [6, 6.07) is 3.57. The Balaban J connectivity index is 1.51. The number of nitrogens with one attached hydrogen (secondary N) is 1. The molecule has 0 spiro atoms. The third-order valence-electron chi connectivity index (χ3n) is 3.86. The Kier molecular flexibility index (Phi) is 5.40. The lowest BCUT2D eigenvalue weighted by Gasteiger charge is -2.32. The first-order chi connectivity index (χ1) is 11.2. The summed E-state index contributed by atoms with van der Waals surface area (Å²) in [4.78, 5) is 18.7. The second kappa shape index (κ2) is 7.70. The van der Waals surface area contributed by atoms with Crippen molar-refractivity contribution in [2.45, 2.75) is 19.3 Å². The van der Waals surface area contributed by atoms with Crippen LogP contribution in [-0.2, 0) is 11.2 Å². The van der Waals surface area contributed by atoms with Gasteiger partial charge in [-0.25, -0.2) is 4.98 Å². The van der Waals surface area contributed by atoms with Crippen molar-refractivity contribution in [2.24, 2.45) is 5.92 Å². The summed E-state index contributed by atoms with van der Waals surface area (Å²) < 4.78 is 0. The highest BCUT2D eigenvalue weighted by Gasteiger charge is 2.26. The van der Waals surface area contributed by atoms with Gasteiger partial charge in [0.05, 0.1) is 10.9 Å². The molecule has 1 aliphatic heterocycles. The number of aromatic nitrogens is 3. The zero-order valence-electron chi connectivity index (χ0n) is 12.6. The lowest BCUT2D eigenvalue weighted by molar-refractivity contribution is -0.125. The number of carbonyl (C=O) groups is 1. The van der Waals surface area contributed by atoms with E-state index in [1.807, 2.05) is 11.4 Å². The molecule has 0 bridgehead atoms. The molecule has 0 saturated carbocycles. The fourth-order valence-corrected chi connectivity index (χ4v) is 3.41. The fourth-order valence-electron chi connectivity index (χ4n) is 2.69. The summed E-state index contributed by atoms with van der Waals surface area (Å²) in [5.41, 5.74) is 0. The van der Waals surface area contributed by atoms with Gasteiger partial charge in [-0.05, 0) is 25.0 Å². The van der Waals surface area contributed by atoms with Crippen LogP contribution in [0.2, 0.25) is 5.15 Å². The molecule has 23 heavy (non-hydrogen) atoms. The van der Waals surface area contributed by atoms with Crippen LogP contribution in [0.3, 0.4) is 0 Å². The van der Waals surface area contributed by atoms with E-state index in [-0.39, 0.29) is 11.8 Å². The Morgan fingerprint density at radius 2 is 2.35 bits per heavy atom. The second-order valence-corrected chi connectivity index (χ2v) is 6.83. The lowest BCUT2D eigenvalue weighted by atomic mass is 9.97. The van der Waals surface area contributed by atoms with Gasteiger partial charge in [0.1, 0.15) is 0 Å². The largest absolute Gasteiger partial charge is 0.355 e. The molecule has 1 aliphatic rings. The van der Waals surface area contributed by atoms with Crippen LogP contribution in [0, 0.1) is 5.92 Å². The fraction of sp³-hybridized carbons (Fsp3) is 0.467. The van der Waals surface area contributed by atoms with Crippen LogP contribution >= 0.6 is 22.9 Å². The van der Waals surface area contributed by atoms with E-state index in [1.165, 1.54) is 0 Å². The molecule has 2 aromatic heterocycles. The van der Waals surface area contributed by atoms with E-state index in [1.54, 1.807) is 23.6 Å². The predicted octanol–water partition coefficient (Wildman–Crippen LogP) is 2.16. The van der Waals surface area contributed by atoms with Crippen molar-refractivity contribution >= 4 is 34.7 Å². The highest BCUT2D eigenvalue weighted by Crippen LogP contribution is 2.22. The Morgan fingerprint density at radius 3 is 3.09 bits per heavy atom. The minimum atomic E-state index is -0.0162. The number of thiazole rings is 1. The molecule has 1 N–H and O–H groups in total. The standard InChI is InChI=1S/C15H18ClN5OS/c16-12-3-4-13(20-19-12)21-8-1-2-11(10-21)15(22)18-6-5-14-17-7-9-23-14/h3-4,7,9,11H,1-2,5-6,8,10H2,(H,18,22)/t11-/m1/s1. The van der Waals surface area contributed by atoms with Gasteiger partial charge in [-0.1, -0.05) is 11.6 Å². The molecular weight excluding hydrogens is 334 g/mol. The summed E-state index contributed by atoms with van der Waals surface area (Å²) >= 11 is 7.38. The van der Waals surface area contributed by atoms with Crippen LogP contribution in [0.15, 0.2) is 23.7 Å². The van der Waals surface area contributed by atoms with Crippen LogP contribution in [-0.4, -0.2) is 40.7 Å². The summed E-state index contributed by atoms with van der Waals surface area (Å²) in [5.74, 6) is 0.861. The molecule has 0 aromatic carbocycles. The zero-order chi connectivity index (χ0) is 16.1. The first-order valence-electron chi connectivity index (χ1n) is 7.62. The van der Waals surface area contributed by atoms with Gasteiger partial charge in [-0.15, -0.1) is 21.5 Å². The van der Waals surface area contributed by atoms with E-state index >= 15 is 0 Å². The summed E-state index contributed by atoms with van der Waals surface area (Å²) in [5, 5.41) is 14.4. The van der Waals surface area contributed by atoms with Gasteiger partial charge in [0.25, 0.3) is 0 Å². The number of amides is 1. The molecule has 1 amide bonds. The van der Waals surface area contributed by atoms with E-state index < -0.39 is 0 Å².